The summed E-state index contributed by atoms with van der Waals surface area (Å²) in [6, 6.07) is 11.3. The van der Waals surface area contributed by atoms with E-state index in [1.807, 2.05) is 0 Å². The van der Waals surface area contributed by atoms with Crippen LogP contribution in [0.5, 0.6) is 0 Å². The standard InChI is InChI=1S/C25H42N6O.HI/c1-2-27-25(28-14-6-7-15-30-17-12-22(13-18-30)24(26)32)29-19-23-11-8-16-31(23)20-21-9-4-3-5-10-21;/h3-5,9-10,22-23H,2,6-8,11-20H2,1H3,(H2,26,32)(H2,27,28,29);1H. The van der Waals surface area contributed by atoms with E-state index in [-0.39, 0.29) is 35.8 Å². The van der Waals surface area contributed by atoms with Gasteiger partial charge in [0.1, 0.15) is 0 Å². The van der Waals surface area contributed by atoms with E-state index < -0.39 is 0 Å². The number of nitrogens with two attached hydrogens (primary N) is 1. The van der Waals surface area contributed by atoms with Crippen LogP contribution in [-0.4, -0.2) is 73.5 Å². The fourth-order valence-corrected chi connectivity index (χ4v) is 4.77. The molecule has 1 aromatic rings. The number of primary amides is 1. The van der Waals surface area contributed by atoms with E-state index in [1.165, 1.54) is 18.4 Å². The Morgan fingerprint density at radius 3 is 2.55 bits per heavy atom. The third-order valence-corrected chi connectivity index (χ3v) is 6.72. The molecule has 2 heterocycles. The van der Waals surface area contributed by atoms with Crippen molar-refractivity contribution in [1.82, 2.24) is 20.4 Å². The number of hydrogen-bond acceptors (Lipinski definition) is 4. The predicted octanol–water partition coefficient (Wildman–Crippen LogP) is 2.80. The Hall–Kier alpha value is -1.39. The largest absolute Gasteiger partial charge is 0.369 e. The summed E-state index contributed by atoms with van der Waals surface area (Å²) in [7, 11) is 0. The molecule has 186 valence electrons. The fraction of sp³-hybridized carbons (Fsp3) is 0.680. The molecular formula is C25H43IN6O. The van der Waals surface area contributed by atoms with Crippen molar-refractivity contribution < 1.29 is 4.79 Å². The molecule has 2 fully saturated rings. The second-order valence-electron chi connectivity index (χ2n) is 9.12. The van der Waals surface area contributed by atoms with Gasteiger partial charge in [0, 0.05) is 31.6 Å². The first-order valence-electron chi connectivity index (χ1n) is 12.5. The van der Waals surface area contributed by atoms with Gasteiger partial charge in [-0.3, -0.25) is 14.7 Å². The zero-order valence-corrected chi connectivity index (χ0v) is 22.5. The van der Waals surface area contributed by atoms with E-state index in [0.717, 1.165) is 84.0 Å². The molecule has 1 amide bonds. The van der Waals surface area contributed by atoms with E-state index in [0.29, 0.717) is 6.04 Å². The number of likely N-dealkylation sites (tertiary alicyclic amines) is 2. The molecule has 8 heteroatoms. The Kier molecular flexibility index (Phi) is 13.1. The number of amides is 1. The van der Waals surface area contributed by atoms with Crippen LogP contribution in [-0.2, 0) is 11.3 Å². The Labute approximate surface area is 217 Å². The first-order chi connectivity index (χ1) is 15.7. The second kappa shape index (κ2) is 15.5. The highest BCUT2D eigenvalue weighted by molar-refractivity contribution is 14.0. The lowest BCUT2D eigenvalue weighted by atomic mass is 9.96. The molecule has 1 atom stereocenters. The molecule has 1 aromatic carbocycles. The number of benzene rings is 1. The second-order valence-corrected chi connectivity index (χ2v) is 9.12. The highest BCUT2D eigenvalue weighted by atomic mass is 127. The van der Waals surface area contributed by atoms with Crippen molar-refractivity contribution in [3.8, 4) is 0 Å². The number of guanidine groups is 1. The maximum atomic E-state index is 11.3. The lowest BCUT2D eigenvalue weighted by Gasteiger charge is -2.30. The maximum absolute atomic E-state index is 11.3. The van der Waals surface area contributed by atoms with Crippen LogP contribution >= 0.6 is 24.0 Å². The third-order valence-electron chi connectivity index (χ3n) is 6.72. The van der Waals surface area contributed by atoms with Gasteiger partial charge in [0.05, 0.1) is 6.54 Å². The van der Waals surface area contributed by atoms with E-state index in [4.69, 9.17) is 10.7 Å². The van der Waals surface area contributed by atoms with Crippen LogP contribution in [0.15, 0.2) is 35.3 Å². The number of hydrogen-bond donors (Lipinski definition) is 3. The molecule has 1 unspecified atom stereocenters. The molecule has 7 nitrogen and oxygen atoms in total. The molecule has 3 rings (SSSR count). The topological polar surface area (TPSA) is 86.0 Å². The summed E-state index contributed by atoms with van der Waals surface area (Å²) < 4.78 is 0. The van der Waals surface area contributed by atoms with Crippen LogP contribution < -0.4 is 16.4 Å². The minimum Gasteiger partial charge on any atom is -0.369 e. The molecule has 0 radical (unpaired) electrons. The summed E-state index contributed by atoms with van der Waals surface area (Å²) in [5.74, 6) is 0.876. The Morgan fingerprint density at radius 1 is 1.09 bits per heavy atom. The minimum absolute atomic E-state index is 0. The maximum Gasteiger partial charge on any atom is 0.220 e. The molecule has 4 N–H and O–H groups in total. The summed E-state index contributed by atoms with van der Waals surface area (Å²) >= 11 is 0. The van der Waals surface area contributed by atoms with Gasteiger partial charge in [-0.25, -0.2) is 0 Å². The zero-order chi connectivity index (χ0) is 22.6. The van der Waals surface area contributed by atoms with Crippen LogP contribution in [0.4, 0.5) is 0 Å². The number of unbranched alkanes of at least 4 members (excludes halogenated alkanes) is 1. The van der Waals surface area contributed by atoms with Gasteiger partial charge in [-0.05, 0) is 77.2 Å². The smallest absolute Gasteiger partial charge is 0.220 e. The molecule has 33 heavy (non-hydrogen) atoms. The van der Waals surface area contributed by atoms with E-state index >= 15 is 0 Å². The fourth-order valence-electron chi connectivity index (χ4n) is 4.77. The Morgan fingerprint density at radius 2 is 1.85 bits per heavy atom. The minimum atomic E-state index is -0.134. The van der Waals surface area contributed by atoms with Gasteiger partial charge in [0.15, 0.2) is 5.96 Å². The molecule has 0 aromatic heterocycles. The summed E-state index contributed by atoms with van der Waals surface area (Å²) in [6.07, 6.45) is 6.57. The van der Waals surface area contributed by atoms with Crippen molar-refractivity contribution >= 4 is 35.8 Å². The number of nitrogens with zero attached hydrogens (tertiary/aromatic N) is 3. The molecule has 2 saturated heterocycles. The van der Waals surface area contributed by atoms with Gasteiger partial charge in [-0.2, -0.15) is 0 Å². The van der Waals surface area contributed by atoms with Crippen molar-refractivity contribution in [1.29, 1.82) is 0 Å². The molecule has 2 aliphatic rings. The van der Waals surface area contributed by atoms with Gasteiger partial charge in [0.25, 0.3) is 0 Å². The molecular weight excluding hydrogens is 527 g/mol. The number of nitrogens with one attached hydrogen (secondary N) is 2. The molecule has 0 aliphatic carbocycles. The molecule has 0 spiro atoms. The van der Waals surface area contributed by atoms with Crippen LogP contribution in [0.2, 0.25) is 0 Å². The first-order valence-corrected chi connectivity index (χ1v) is 12.5. The van der Waals surface area contributed by atoms with E-state index in [2.05, 4.69) is 57.7 Å². The average Bonchev–Trinajstić information content (AvgIpc) is 3.25. The average molecular weight is 571 g/mol. The summed E-state index contributed by atoms with van der Waals surface area (Å²) in [6.45, 7) is 10.0. The summed E-state index contributed by atoms with van der Waals surface area (Å²) in [4.78, 5) is 21.2. The number of carbonyl (C=O) groups excluding carboxylic acids is 1. The highest BCUT2D eigenvalue weighted by Crippen LogP contribution is 2.20. The normalized spacial score (nSPS) is 20.4. The van der Waals surface area contributed by atoms with Crippen molar-refractivity contribution in [2.24, 2.45) is 16.6 Å². The van der Waals surface area contributed by atoms with Gasteiger partial charge >= 0.3 is 0 Å². The number of rotatable bonds is 11. The van der Waals surface area contributed by atoms with Crippen LogP contribution in [0, 0.1) is 5.92 Å². The number of halogens is 1. The van der Waals surface area contributed by atoms with E-state index in [1.54, 1.807) is 0 Å². The Bertz CT molecular complexity index is 708. The summed E-state index contributed by atoms with van der Waals surface area (Å²) in [5, 5.41) is 6.90. The van der Waals surface area contributed by atoms with Gasteiger partial charge in [-0.15, -0.1) is 24.0 Å². The molecule has 2 aliphatic heterocycles. The SMILES string of the molecule is CCNC(=NCC1CCCN1Cc1ccccc1)NCCCCN1CCC(C(N)=O)CC1.I. The van der Waals surface area contributed by atoms with Gasteiger partial charge in [-0.1, -0.05) is 30.3 Å². The monoisotopic (exact) mass is 570 g/mol. The quantitative estimate of drug-likeness (QED) is 0.165. The van der Waals surface area contributed by atoms with E-state index in [9.17, 15) is 4.79 Å². The van der Waals surface area contributed by atoms with Gasteiger partial charge < -0.3 is 21.3 Å². The zero-order valence-electron chi connectivity index (χ0n) is 20.2. The lowest BCUT2D eigenvalue weighted by molar-refractivity contribution is -0.123. The summed E-state index contributed by atoms with van der Waals surface area (Å²) in [5.41, 5.74) is 6.81. The van der Waals surface area contributed by atoms with Crippen LogP contribution in [0.3, 0.4) is 0 Å². The Balaban J connectivity index is 0.00000385. The lowest BCUT2D eigenvalue weighted by Crippen LogP contribution is -2.40. The van der Waals surface area contributed by atoms with Crippen molar-refractivity contribution in [3.05, 3.63) is 35.9 Å². The van der Waals surface area contributed by atoms with Crippen molar-refractivity contribution in [2.45, 2.75) is 58.0 Å². The van der Waals surface area contributed by atoms with Gasteiger partial charge in [0.2, 0.25) is 5.91 Å². The molecule has 0 saturated carbocycles. The number of carbonyl (C=O) groups is 1. The molecule has 0 bridgehead atoms. The first kappa shape index (κ1) is 27.9. The van der Waals surface area contributed by atoms with Crippen LogP contribution in [0.25, 0.3) is 0 Å². The number of aliphatic imine (C=N–C) groups is 1. The van der Waals surface area contributed by atoms with Crippen molar-refractivity contribution in [3.63, 3.8) is 0 Å². The number of piperidine rings is 1. The highest BCUT2D eigenvalue weighted by Gasteiger charge is 2.24. The third kappa shape index (κ3) is 9.78. The predicted molar refractivity (Wildman–Crippen MR) is 147 cm³/mol. The van der Waals surface area contributed by atoms with Crippen molar-refractivity contribution in [2.75, 3.05) is 45.8 Å². The van der Waals surface area contributed by atoms with Crippen LogP contribution in [0.1, 0.15) is 51.0 Å².